The maximum Gasteiger partial charge on any atom is 0.0991 e. The van der Waals surface area contributed by atoms with E-state index in [0.717, 1.165) is 18.0 Å². The summed E-state index contributed by atoms with van der Waals surface area (Å²) in [4.78, 5) is 2.55. The van der Waals surface area contributed by atoms with Gasteiger partial charge in [-0.3, -0.25) is 4.90 Å². The van der Waals surface area contributed by atoms with Gasteiger partial charge in [0.15, 0.2) is 0 Å². The van der Waals surface area contributed by atoms with Crippen molar-refractivity contribution in [2.24, 2.45) is 11.3 Å². The van der Waals surface area contributed by atoms with Gasteiger partial charge in [0.25, 0.3) is 0 Å². The summed E-state index contributed by atoms with van der Waals surface area (Å²) in [6, 6.07) is 8.23. The average molecular weight is 256 g/mol. The summed E-state index contributed by atoms with van der Waals surface area (Å²) < 4.78 is 0. The molecule has 1 atom stereocenters. The van der Waals surface area contributed by atoms with Gasteiger partial charge in [-0.1, -0.05) is 26.8 Å². The monoisotopic (exact) mass is 256 g/mol. The Balaban J connectivity index is 2.02. The first-order chi connectivity index (χ1) is 8.90. The fourth-order valence-electron chi connectivity index (χ4n) is 2.87. The summed E-state index contributed by atoms with van der Waals surface area (Å²) in [5.41, 5.74) is 3.76. The first-order valence-electron chi connectivity index (χ1n) is 7.12. The second kappa shape index (κ2) is 5.35. The Morgan fingerprint density at radius 2 is 2.11 bits per heavy atom. The Bertz CT molecular complexity index is 491. The number of likely N-dealkylation sites (tertiary alicyclic amines) is 1. The topological polar surface area (TPSA) is 27.0 Å². The van der Waals surface area contributed by atoms with Crippen LogP contribution in [0.2, 0.25) is 0 Å². The normalized spacial score (nSPS) is 20.5. The van der Waals surface area contributed by atoms with Crippen molar-refractivity contribution in [2.75, 3.05) is 13.1 Å². The van der Waals surface area contributed by atoms with Crippen molar-refractivity contribution in [3.63, 3.8) is 0 Å². The Morgan fingerprint density at radius 3 is 2.63 bits per heavy atom. The van der Waals surface area contributed by atoms with Gasteiger partial charge in [-0.2, -0.15) is 5.26 Å². The molecule has 0 aromatic heterocycles. The molecule has 0 bridgehead atoms. The van der Waals surface area contributed by atoms with E-state index in [1.165, 1.54) is 30.6 Å². The summed E-state index contributed by atoms with van der Waals surface area (Å²) >= 11 is 0. The van der Waals surface area contributed by atoms with Gasteiger partial charge in [-0.15, -0.1) is 0 Å². The van der Waals surface area contributed by atoms with E-state index in [1.807, 2.05) is 12.1 Å². The van der Waals surface area contributed by atoms with E-state index in [9.17, 15) is 0 Å². The zero-order chi connectivity index (χ0) is 14.0. The highest BCUT2D eigenvalue weighted by atomic mass is 15.1. The zero-order valence-electron chi connectivity index (χ0n) is 12.5. The molecular weight excluding hydrogens is 232 g/mol. The van der Waals surface area contributed by atoms with Crippen molar-refractivity contribution in [2.45, 2.75) is 40.7 Å². The molecule has 0 saturated carbocycles. The second-order valence-electron chi connectivity index (χ2n) is 6.84. The largest absolute Gasteiger partial charge is 0.299 e. The van der Waals surface area contributed by atoms with E-state index in [4.69, 9.17) is 5.26 Å². The molecule has 19 heavy (non-hydrogen) atoms. The van der Waals surface area contributed by atoms with Crippen LogP contribution in [0.15, 0.2) is 18.2 Å². The molecule has 1 unspecified atom stereocenters. The van der Waals surface area contributed by atoms with Crippen LogP contribution in [0.5, 0.6) is 0 Å². The Hall–Kier alpha value is -1.33. The highest BCUT2D eigenvalue weighted by Gasteiger charge is 2.31. The Labute approximate surface area is 117 Å². The number of aryl methyl sites for hydroxylation is 1. The lowest BCUT2D eigenvalue weighted by molar-refractivity contribution is 0.226. The van der Waals surface area contributed by atoms with Crippen LogP contribution in [-0.2, 0) is 6.54 Å². The highest BCUT2D eigenvalue weighted by Crippen LogP contribution is 2.34. The van der Waals surface area contributed by atoms with Crippen LogP contribution in [0.4, 0.5) is 0 Å². The van der Waals surface area contributed by atoms with Gasteiger partial charge in [0.2, 0.25) is 0 Å². The predicted molar refractivity (Wildman–Crippen MR) is 78.7 cm³/mol. The minimum absolute atomic E-state index is 0.411. The minimum atomic E-state index is 0.411. The molecule has 1 aromatic rings. The minimum Gasteiger partial charge on any atom is -0.299 e. The van der Waals surface area contributed by atoms with Crippen LogP contribution in [-0.4, -0.2) is 18.0 Å². The molecular formula is C17H24N2. The van der Waals surface area contributed by atoms with E-state index >= 15 is 0 Å². The van der Waals surface area contributed by atoms with Gasteiger partial charge in [-0.05, 0) is 54.5 Å². The number of hydrogen-bond donors (Lipinski definition) is 0. The first kappa shape index (κ1) is 14.1. The summed E-state index contributed by atoms with van der Waals surface area (Å²) in [6.45, 7) is 12.5. The van der Waals surface area contributed by atoms with Gasteiger partial charge >= 0.3 is 0 Å². The first-order valence-corrected chi connectivity index (χ1v) is 7.12. The van der Waals surface area contributed by atoms with E-state index in [-0.39, 0.29) is 0 Å². The van der Waals surface area contributed by atoms with E-state index in [1.54, 1.807) is 0 Å². The molecule has 1 saturated heterocycles. The molecule has 0 spiro atoms. The number of rotatable bonds is 2. The molecule has 2 nitrogen and oxygen atoms in total. The Kier molecular flexibility index (Phi) is 3.96. The fourth-order valence-corrected chi connectivity index (χ4v) is 2.87. The van der Waals surface area contributed by atoms with Crippen molar-refractivity contribution in [3.8, 4) is 6.07 Å². The molecule has 0 radical (unpaired) electrons. The number of nitriles is 1. The average Bonchev–Trinajstić information content (AvgIpc) is 2.80. The van der Waals surface area contributed by atoms with Crippen molar-refractivity contribution in [1.82, 2.24) is 4.90 Å². The third kappa shape index (κ3) is 3.36. The molecule has 1 aromatic carbocycles. The smallest absolute Gasteiger partial charge is 0.0991 e. The molecule has 0 N–H and O–H groups in total. The zero-order valence-corrected chi connectivity index (χ0v) is 12.5. The van der Waals surface area contributed by atoms with Crippen LogP contribution in [0.25, 0.3) is 0 Å². The molecule has 0 aliphatic carbocycles. The summed E-state index contributed by atoms with van der Waals surface area (Å²) in [6.07, 6.45) is 1.30. The molecule has 1 fully saturated rings. The third-order valence-corrected chi connectivity index (χ3v) is 4.36. The van der Waals surface area contributed by atoms with E-state index in [0.29, 0.717) is 5.41 Å². The maximum absolute atomic E-state index is 8.90. The molecule has 2 rings (SSSR count). The van der Waals surface area contributed by atoms with Crippen LogP contribution in [0, 0.1) is 29.6 Å². The van der Waals surface area contributed by atoms with Gasteiger partial charge < -0.3 is 0 Å². The molecule has 0 amide bonds. The number of hydrogen-bond acceptors (Lipinski definition) is 2. The van der Waals surface area contributed by atoms with Crippen molar-refractivity contribution < 1.29 is 0 Å². The van der Waals surface area contributed by atoms with Crippen LogP contribution >= 0.6 is 0 Å². The van der Waals surface area contributed by atoms with Gasteiger partial charge in [-0.25, -0.2) is 0 Å². The standard InChI is InChI=1S/C17H24N2/c1-13-9-14(10-18)5-6-15(13)11-19-8-7-16(12-19)17(2,3)4/h5-6,9,16H,7-8,11-12H2,1-4H3. The van der Waals surface area contributed by atoms with Crippen LogP contribution < -0.4 is 0 Å². The molecule has 1 heterocycles. The lowest BCUT2D eigenvalue weighted by Gasteiger charge is -2.27. The quantitative estimate of drug-likeness (QED) is 0.806. The summed E-state index contributed by atoms with van der Waals surface area (Å²) in [5.74, 6) is 0.797. The van der Waals surface area contributed by atoms with Gasteiger partial charge in [0.1, 0.15) is 0 Å². The lowest BCUT2D eigenvalue weighted by Crippen LogP contribution is -2.26. The van der Waals surface area contributed by atoms with Crippen molar-refractivity contribution in [1.29, 1.82) is 5.26 Å². The molecule has 1 aliphatic heterocycles. The van der Waals surface area contributed by atoms with E-state index in [2.05, 4.69) is 44.7 Å². The highest BCUT2D eigenvalue weighted by molar-refractivity contribution is 5.37. The van der Waals surface area contributed by atoms with Crippen molar-refractivity contribution >= 4 is 0 Å². The fraction of sp³-hybridized carbons (Fsp3) is 0.588. The third-order valence-electron chi connectivity index (χ3n) is 4.36. The summed E-state index contributed by atoms with van der Waals surface area (Å²) in [5, 5.41) is 8.90. The lowest BCUT2D eigenvalue weighted by atomic mass is 9.80. The van der Waals surface area contributed by atoms with Crippen LogP contribution in [0.3, 0.4) is 0 Å². The molecule has 2 heteroatoms. The predicted octanol–water partition coefficient (Wildman–Crippen LogP) is 3.73. The van der Waals surface area contributed by atoms with E-state index < -0.39 is 0 Å². The van der Waals surface area contributed by atoms with Crippen molar-refractivity contribution in [3.05, 3.63) is 34.9 Å². The van der Waals surface area contributed by atoms with Gasteiger partial charge in [0, 0.05) is 13.1 Å². The Morgan fingerprint density at radius 1 is 1.37 bits per heavy atom. The number of nitrogens with zero attached hydrogens (tertiary/aromatic N) is 2. The molecule has 102 valence electrons. The summed E-state index contributed by atoms with van der Waals surface area (Å²) in [7, 11) is 0. The van der Waals surface area contributed by atoms with Crippen LogP contribution in [0.1, 0.15) is 43.9 Å². The SMILES string of the molecule is Cc1cc(C#N)ccc1CN1CCC(C(C)(C)C)C1. The maximum atomic E-state index is 8.90. The molecule has 1 aliphatic rings. The second-order valence-corrected chi connectivity index (χ2v) is 6.84. The van der Waals surface area contributed by atoms with Gasteiger partial charge in [0.05, 0.1) is 11.6 Å². The number of benzene rings is 1.